The van der Waals surface area contributed by atoms with Crippen LogP contribution in [0.1, 0.15) is 42.6 Å². The molecule has 0 bridgehead atoms. The number of anilines is 2. The topological polar surface area (TPSA) is 143 Å². The number of thioether (sulfide) groups is 1. The van der Waals surface area contributed by atoms with Gasteiger partial charge in [-0.3, -0.25) is 9.59 Å². The number of pyridine rings is 1. The number of nitrogens with zero attached hydrogens (tertiary/aromatic N) is 4. The van der Waals surface area contributed by atoms with E-state index < -0.39 is 28.0 Å². The number of fused-ring (bicyclic) bond motifs is 1. The summed E-state index contributed by atoms with van der Waals surface area (Å²) >= 11 is 9.17. The van der Waals surface area contributed by atoms with Crippen LogP contribution in [0.5, 0.6) is 0 Å². The Balaban J connectivity index is 1.39. The van der Waals surface area contributed by atoms with E-state index in [2.05, 4.69) is 15.5 Å². The fraction of sp³-hybridized carbons (Fsp3) is 0.409. The third-order valence-corrected chi connectivity index (χ3v) is 8.57. The number of halogens is 2. The fourth-order valence-electron chi connectivity index (χ4n) is 4.39. The number of nitrogen functional groups attached to an aromatic ring is 1. The van der Waals surface area contributed by atoms with E-state index in [1.165, 1.54) is 29.3 Å². The number of hydrogen-bond donors (Lipinski definition) is 3. The number of nitrogens with two attached hydrogens (primary N) is 1. The lowest BCUT2D eigenvalue weighted by Crippen LogP contribution is -2.41. The van der Waals surface area contributed by atoms with Crippen LogP contribution >= 0.6 is 34.7 Å². The quantitative estimate of drug-likeness (QED) is 0.376. The molecule has 1 amide bonds. The molecule has 2 fully saturated rings. The Labute approximate surface area is 217 Å². The van der Waals surface area contributed by atoms with Crippen LogP contribution < -0.4 is 21.4 Å². The van der Waals surface area contributed by atoms with E-state index in [0.717, 1.165) is 18.9 Å². The summed E-state index contributed by atoms with van der Waals surface area (Å²) in [6, 6.07) is 0.851. The highest BCUT2D eigenvalue weighted by atomic mass is 35.5. The van der Waals surface area contributed by atoms with Crippen molar-refractivity contribution in [3.05, 3.63) is 38.9 Å². The second-order valence-corrected chi connectivity index (χ2v) is 11.8. The maximum Gasteiger partial charge on any atom is 0.341 e. The molecule has 36 heavy (non-hydrogen) atoms. The Hall–Kier alpha value is -2.90. The Morgan fingerprint density at radius 2 is 2.11 bits per heavy atom. The van der Waals surface area contributed by atoms with Crippen molar-refractivity contribution in [2.45, 2.75) is 47.9 Å². The molecule has 4 N–H and O–H groups in total. The predicted octanol–water partition coefficient (Wildman–Crippen LogP) is 3.14. The highest BCUT2D eigenvalue weighted by Gasteiger charge is 2.33. The van der Waals surface area contributed by atoms with Gasteiger partial charge in [-0.05, 0) is 32.3 Å². The number of benzene rings is 1. The van der Waals surface area contributed by atoms with Crippen molar-refractivity contribution in [1.82, 2.24) is 20.1 Å². The molecular formula is C22H22ClFN6O4S2. The number of nitrogens with one attached hydrogen (secondary N) is 1. The highest BCUT2D eigenvalue weighted by molar-refractivity contribution is 8.02. The SMILES string of the molecule is CC(Sc1nnc(N)s1)C(=O)NC1CCN(c2c(F)cc3c(=O)c(C(=O)O)cn(C4CC4)c3c2Cl)C1. The number of amides is 1. The molecule has 1 aromatic carbocycles. The lowest BCUT2D eigenvalue weighted by molar-refractivity contribution is -0.120. The van der Waals surface area contributed by atoms with Gasteiger partial charge in [0.05, 0.1) is 26.9 Å². The van der Waals surface area contributed by atoms with Gasteiger partial charge in [-0.2, -0.15) is 0 Å². The van der Waals surface area contributed by atoms with Crippen molar-refractivity contribution in [2.75, 3.05) is 23.7 Å². The van der Waals surface area contributed by atoms with Crippen LogP contribution in [-0.2, 0) is 4.79 Å². The van der Waals surface area contributed by atoms with E-state index in [4.69, 9.17) is 17.3 Å². The lowest BCUT2D eigenvalue weighted by Gasteiger charge is -2.23. The Morgan fingerprint density at radius 1 is 1.36 bits per heavy atom. The standard InChI is InChI=1S/C22H22ClFN6O4S2/c1-9(35-22-28-27-21(25)36-22)19(32)26-10-4-5-29(7-10)17-14(24)6-12-16(15(17)23)30(11-2-3-11)8-13(18(12)31)20(33)34/h6,8-11H,2-5,7H2,1H3,(H2,25,27)(H,26,32)(H,33,34). The third-order valence-electron chi connectivity index (χ3n) is 6.27. The van der Waals surface area contributed by atoms with Crippen molar-refractivity contribution in [3.8, 4) is 0 Å². The van der Waals surface area contributed by atoms with E-state index in [0.29, 0.717) is 34.5 Å². The van der Waals surface area contributed by atoms with Crippen LogP contribution in [0, 0.1) is 5.82 Å². The molecule has 2 aromatic heterocycles. The van der Waals surface area contributed by atoms with Gasteiger partial charge in [-0.25, -0.2) is 9.18 Å². The maximum atomic E-state index is 15.3. The molecule has 1 saturated carbocycles. The smallest absolute Gasteiger partial charge is 0.341 e. The third kappa shape index (κ3) is 4.62. The van der Waals surface area contributed by atoms with Crippen LogP contribution in [0.2, 0.25) is 5.02 Å². The van der Waals surface area contributed by atoms with E-state index in [1.807, 2.05) is 0 Å². The number of carboxylic acids is 1. The summed E-state index contributed by atoms with van der Waals surface area (Å²) in [6.45, 7) is 2.53. The molecule has 3 heterocycles. The molecule has 1 saturated heterocycles. The minimum absolute atomic E-state index is 0.00926. The van der Waals surface area contributed by atoms with Gasteiger partial charge in [0.1, 0.15) is 11.4 Å². The molecule has 2 unspecified atom stereocenters. The first-order valence-electron chi connectivity index (χ1n) is 11.2. The monoisotopic (exact) mass is 552 g/mol. The van der Waals surface area contributed by atoms with Gasteiger partial charge in [-0.15, -0.1) is 10.2 Å². The van der Waals surface area contributed by atoms with Crippen molar-refractivity contribution in [3.63, 3.8) is 0 Å². The van der Waals surface area contributed by atoms with Crippen LogP contribution in [0.25, 0.3) is 10.9 Å². The van der Waals surface area contributed by atoms with Crippen LogP contribution in [0.4, 0.5) is 15.2 Å². The van der Waals surface area contributed by atoms with Crippen molar-refractivity contribution in [2.24, 2.45) is 0 Å². The normalized spacial score (nSPS) is 18.5. The number of carboxylic acid groups (broad SMARTS) is 1. The number of carbonyl (C=O) groups is 2. The van der Waals surface area contributed by atoms with Gasteiger partial charge in [0, 0.05) is 31.4 Å². The molecule has 190 valence electrons. The van der Waals surface area contributed by atoms with Gasteiger partial charge in [0.15, 0.2) is 4.34 Å². The Morgan fingerprint density at radius 3 is 2.75 bits per heavy atom. The summed E-state index contributed by atoms with van der Waals surface area (Å²) in [5.74, 6) is -2.26. The van der Waals surface area contributed by atoms with Crippen LogP contribution in [0.15, 0.2) is 21.4 Å². The predicted molar refractivity (Wildman–Crippen MR) is 137 cm³/mol. The van der Waals surface area contributed by atoms with E-state index in [9.17, 15) is 19.5 Å². The Kier molecular flexibility index (Phi) is 6.55. The van der Waals surface area contributed by atoms with Gasteiger partial charge in [0.2, 0.25) is 16.5 Å². The zero-order valence-corrected chi connectivity index (χ0v) is 21.4. The summed E-state index contributed by atoms with van der Waals surface area (Å²) in [5.41, 5.74) is 4.89. The summed E-state index contributed by atoms with van der Waals surface area (Å²) in [4.78, 5) is 38.8. The van der Waals surface area contributed by atoms with Gasteiger partial charge >= 0.3 is 5.97 Å². The summed E-state index contributed by atoms with van der Waals surface area (Å²) in [5, 5.41) is 20.0. The first kappa shape index (κ1) is 24.8. The number of carbonyl (C=O) groups excluding carboxylic acids is 1. The second kappa shape index (κ2) is 9.52. The van der Waals surface area contributed by atoms with Crippen molar-refractivity contribution in [1.29, 1.82) is 0 Å². The molecule has 2 aliphatic rings. The zero-order chi connectivity index (χ0) is 25.7. The summed E-state index contributed by atoms with van der Waals surface area (Å²) in [7, 11) is 0. The van der Waals surface area contributed by atoms with Gasteiger partial charge in [0.25, 0.3) is 0 Å². The van der Waals surface area contributed by atoms with E-state index in [1.54, 1.807) is 16.4 Å². The molecule has 0 spiro atoms. The van der Waals surface area contributed by atoms with Gasteiger partial charge in [-0.1, -0.05) is 34.7 Å². The maximum absolute atomic E-state index is 15.3. The minimum Gasteiger partial charge on any atom is -0.477 e. The molecule has 5 rings (SSSR count). The van der Waals surface area contributed by atoms with Crippen LogP contribution in [0.3, 0.4) is 0 Å². The summed E-state index contributed by atoms with van der Waals surface area (Å²) in [6.07, 6.45) is 3.52. The molecule has 3 aromatic rings. The zero-order valence-electron chi connectivity index (χ0n) is 19.0. The molecule has 1 aliphatic heterocycles. The average Bonchev–Trinajstić information content (AvgIpc) is 3.44. The highest BCUT2D eigenvalue weighted by Crippen LogP contribution is 2.42. The van der Waals surface area contributed by atoms with E-state index >= 15 is 4.39 Å². The first-order valence-corrected chi connectivity index (χ1v) is 13.3. The number of aromatic carboxylic acids is 1. The second-order valence-electron chi connectivity index (χ2n) is 8.84. The van der Waals surface area contributed by atoms with Gasteiger partial charge < -0.3 is 25.6 Å². The number of rotatable bonds is 7. The summed E-state index contributed by atoms with van der Waals surface area (Å²) < 4.78 is 17.6. The first-order chi connectivity index (χ1) is 17.1. The molecule has 1 aliphatic carbocycles. The molecular weight excluding hydrogens is 531 g/mol. The molecule has 0 radical (unpaired) electrons. The van der Waals surface area contributed by atoms with Crippen molar-refractivity contribution >= 4 is 68.3 Å². The average molecular weight is 553 g/mol. The minimum atomic E-state index is -1.36. The molecule has 10 nitrogen and oxygen atoms in total. The fourth-order valence-corrected chi connectivity index (χ4v) is 6.59. The van der Waals surface area contributed by atoms with Crippen LogP contribution in [-0.4, -0.2) is 56.1 Å². The van der Waals surface area contributed by atoms with Crippen molar-refractivity contribution < 1.29 is 19.1 Å². The number of aromatic nitrogens is 3. The van der Waals surface area contributed by atoms with E-state index in [-0.39, 0.29) is 34.1 Å². The lowest BCUT2D eigenvalue weighted by atomic mass is 10.1. The largest absolute Gasteiger partial charge is 0.477 e. The molecule has 14 heteroatoms. The Bertz CT molecular complexity index is 1440. The molecule has 2 atom stereocenters. The number of hydrogen-bond acceptors (Lipinski definition) is 9.